The van der Waals surface area contributed by atoms with Crippen LogP contribution in [0.1, 0.15) is 6.92 Å². The number of nitrogens with two attached hydrogens (primary N) is 2. The molecular formula is C6H12N4O2. The van der Waals surface area contributed by atoms with Crippen LogP contribution in [-0.2, 0) is 9.59 Å². The summed E-state index contributed by atoms with van der Waals surface area (Å²) in [6, 6.07) is 0. The predicted octanol–water partition coefficient (Wildman–Crippen LogP) is -2.15. The van der Waals surface area contributed by atoms with Crippen LogP contribution in [0.25, 0.3) is 0 Å². The SMILES string of the molecule is CC1C(C(=O)NN)C1C(=O)NN. The molecule has 2 amide bonds. The van der Waals surface area contributed by atoms with Gasteiger partial charge in [0.05, 0.1) is 11.8 Å². The molecule has 1 saturated carbocycles. The molecule has 0 saturated heterocycles. The average Bonchev–Trinajstić information content (AvgIpc) is 2.74. The smallest absolute Gasteiger partial charge is 0.238 e. The van der Waals surface area contributed by atoms with Gasteiger partial charge < -0.3 is 0 Å². The maximum Gasteiger partial charge on any atom is 0.238 e. The molecule has 2 atom stereocenters. The van der Waals surface area contributed by atoms with Crippen molar-refractivity contribution in [1.82, 2.24) is 10.9 Å². The predicted molar refractivity (Wildman–Crippen MR) is 40.8 cm³/mol. The van der Waals surface area contributed by atoms with Crippen LogP contribution in [-0.4, -0.2) is 11.8 Å². The van der Waals surface area contributed by atoms with Crippen molar-refractivity contribution in [2.24, 2.45) is 29.4 Å². The third-order valence-electron chi connectivity index (χ3n) is 2.27. The lowest BCUT2D eigenvalue weighted by Gasteiger charge is -1.96. The summed E-state index contributed by atoms with van der Waals surface area (Å²) in [4.78, 5) is 21.9. The number of hydrogen-bond acceptors (Lipinski definition) is 4. The first-order valence-electron chi connectivity index (χ1n) is 3.64. The Morgan fingerprint density at radius 1 is 1.08 bits per heavy atom. The van der Waals surface area contributed by atoms with E-state index in [2.05, 4.69) is 0 Å². The Morgan fingerprint density at radius 3 is 1.67 bits per heavy atom. The molecule has 6 nitrogen and oxygen atoms in total. The van der Waals surface area contributed by atoms with Gasteiger partial charge in [-0.05, 0) is 5.92 Å². The molecular weight excluding hydrogens is 160 g/mol. The fraction of sp³-hybridized carbons (Fsp3) is 0.667. The van der Waals surface area contributed by atoms with Crippen LogP contribution >= 0.6 is 0 Å². The van der Waals surface area contributed by atoms with E-state index in [0.29, 0.717) is 0 Å². The lowest BCUT2D eigenvalue weighted by molar-refractivity contribution is -0.127. The van der Waals surface area contributed by atoms with Gasteiger partial charge >= 0.3 is 0 Å². The summed E-state index contributed by atoms with van der Waals surface area (Å²) < 4.78 is 0. The van der Waals surface area contributed by atoms with Crippen LogP contribution in [0.4, 0.5) is 0 Å². The maximum atomic E-state index is 11.0. The third kappa shape index (κ3) is 1.26. The molecule has 1 rings (SSSR count). The number of hydrogen-bond donors (Lipinski definition) is 4. The van der Waals surface area contributed by atoms with Crippen molar-refractivity contribution >= 4 is 11.8 Å². The molecule has 1 fully saturated rings. The Hall–Kier alpha value is -1.14. The van der Waals surface area contributed by atoms with Crippen molar-refractivity contribution in [1.29, 1.82) is 0 Å². The molecule has 1 aliphatic rings. The molecule has 1 aliphatic carbocycles. The third-order valence-corrected chi connectivity index (χ3v) is 2.27. The maximum absolute atomic E-state index is 11.0. The Morgan fingerprint density at radius 2 is 1.42 bits per heavy atom. The molecule has 6 heteroatoms. The Balaban J connectivity index is 2.53. The molecule has 68 valence electrons. The van der Waals surface area contributed by atoms with Gasteiger partial charge in [0, 0.05) is 0 Å². The molecule has 0 spiro atoms. The fourth-order valence-electron chi connectivity index (χ4n) is 1.46. The van der Waals surface area contributed by atoms with Crippen LogP contribution in [0.3, 0.4) is 0 Å². The van der Waals surface area contributed by atoms with Gasteiger partial charge in [0.2, 0.25) is 11.8 Å². The van der Waals surface area contributed by atoms with E-state index in [-0.39, 0.29) is 29.6 Å². The van der Waals surface area contributed by atoms with Crippen LogP contribution in [0.2, 0.25) is 0 Å². The van der Waals surface area contributed by atoms with Crippen molar-refractivity contribution in [2.75, 3.05) is 0 Å². The quantitative estimate of drug-likeness (QED) is 0.216. The largest absolute Gasteiger partial charge is 0.294 e. The monoisotopic (exact) mass is 172 g/mol. The van der Waals surface area contributed by atoms with Crippen molar-refractivity contribution in [3.05, 3.63) is 0 Å². The zero-order chi connectivity index (χ0) is 9.30. The summed E-state index contributed by atoms with van der Waals surface area (Å²) in [6.07, 6.45) is 0. The summed E-state index contributed by atoms with van der Waals surface area (Å²) in [6.45, 7) is 1.81. The average molecular weight is 172 g/mol. The lowest BCUT2D eigenvalue weighted by Crippen LogP contribution is -2.36. The van der Waals surface area contributed by atoms with E-state index in [1.807, 2.05) is 10.9 Å². The van der Waals surface area contributed by atoms with Crippen molar-refractivity contribution in [2.45, 2.75) is 6.92 Å². The molecule has 0 aromatic rings. The van der Waals surface area contributed by atoms with Crippen LogP contribution in [0.15, 0.2) is 0 Å². The van der Waals surface area contributed by atoms with Gasteiger partial charge in [-0.1, -0.05) is 6.92 Å². The van der Waals surface area contributed by atoms with Crippen LogP contribution < -0.4 is 22.5 Å². The molecule has 6 N–H and O–H groups in total. The number of nitrogens with one attached hydrogen (secondary N) is 2. The lowest BCUT2D eigenvalue weighted by atomic mass is 10.3. The second kappa shape index (κ2) is 3.08. The minimum Gasteiger partial charge on any atom is -0.294 e. The van der Waals surface area contributed by atoms with E-state index in [1.54, 1.807) is 6.92 Å². The topological polar surface area (TPSA) is 110 Å². The number of carbonyl (C=O) groups excluding carboxylic acids is 2. The van der Waals surface area contributed by atoms with E-state index < -0.39 is 0 Å². The van der Waals surface area contributed by atoms with Gasteiger partial charge in [0.1, 0.15) is 0 Å². The second-order valence-corrected chi connectivity index (χ2v) is 2.93. The summed E-state index contributed by atoms with van der Waals surface area (Å²) in [5.74, 6) is 8.60. The number of amides is 2. The van der Waals surface area contributed by atoms with Crippen LogP contribution in [0.5, 0.6) is 0 Å². The highest BCUT2D eigenvalue weighted by Gasteiger charge is 2.55. The van der Waals surface area contributed by atoms with E-state index >= 15 is 0 Å². The highest BCUT2D eigenvalue weighted by molar-refractivity contribution is 5.92. The fourth-order valence-corrected chi connectivity index (χ4v) is 1.46. The Kier molecular flexibility index (Phi) is 2.30. The minimum absolute atomic E-state index is 0.0251. The van der Waals surface area contributed by atoms with E-state index in [0.717, 1.165) is 0 Å². The first kappa shape index (κ1) is 8.95. The summed E-state index contributed by atoms with van der Waals surface area (Å²) in [5, 5.41) is 0. The summed E-state index contributed by atoms with van der Waals surface area (Å²) in [7, 11) is 0. The molecule has 0 aromatic heterocycles. The van der Waals surface area contributed by atoms with E-state index in [1.165, 1.54) is 0 Å². The highest BCUT2D eigenvalue weighted by Crippen LogP contribution is 2.45. The number of carbonyl (C=O) groups is 2. The molecule has 0 aromatic carbocycles. The minimum atomic E-state index is -0.321. The zero-order valence-corrected chi connectivity index (χ0v) is 6.70. The zero-order valence-electron chi connectivity index (χ0n) is 6.70. The van der Waals surface area contributed by atoms with E-state index in [9.17, 15) is 9.59 Å². The standard InChI is InChI=1S/C6H12N4O2/c1-2-3(5(11)9-7)4(2)6(12)10-8/h2-4H,7-8H2,1H3,(H,9,11)(H,10,12). The number of rotatable bonds is 2. The Bertz CT molecular complexity index is 196. The van der Waals surface area contributed by atoms with Gasteiger partial charge in [-0.25, -0.2) is 11.7 Å². The van der Waals surface area contributed by atoms with Crippen molar-refractivity contribution in [3.63, 3.8) is 0 Å². The highest BCUT2D eigenvalue weighted by atomic mass is 16.2. The van der Waals surface area contributed by atoms with Crippen molar-refractivity contribution in [3.8, 4) is 0 Å². The van der Waals surface area contributed by atoms with Gasteiger partial charge in [-0.3, -0.25) is 20.4 Å². The summed E-state index contributed by atoms with van der Waals surface area (Å²) in [5.41, 5.74) is 4.01. The first-order chi connectivity index (χ1) is 5.63. The molecule has 0 heterocycles. The molecule has 0 aliphatic heterocycles. The van der Waals surface area contributed by atoms with Crippen LogP contribution in [0, 0.1) is 17.8 Å². The van der Waals surface area contributed by atoms with Gasteiger partial charge in [0.15, 0.2) is 0 Å². The second-order valence-electron chi connectivity index (χ2n) is 2.93. The summed E-state index contributed by atoms with van der Waals surface area (Å²) >= 11 is 0. The van der Waals surface area contributed by atoms with E-state index in [4.69, 9.17) is 11.7 Å². The number of hydrazine groups is 2. The molecule has 2 unspecified atom stereocenters. The molecule has 0 bridgehead atoms. The van der Waals surface area contributed by atoms with Gasteiger partial charge in [-0.2, -0.15) is 0 Å². The molecule has 12 heavy (non-hydrogen) atoms. The normalized spacial score (nSPS) is 32.4. The van der Waals surface area contributed by atoms with Crippen molar-refractivity contribution < 1.29 is 9.59 Å². The van der Waals surface area contributed by atoms with Gasteiger partial charge in [-0.15, -0.1) is 0 Å². The van der Waals surface area contributed by atoms with Gasteiger partial charge in [0.25, 0.3) is 0 Å². The molecule has 0 radical (unpaired) electrons. The first-order valence-corrected chi connectivity index (χ1v) is 3.64. The Labute approximate surface area is 69.6 Å².